The van der Waals surface area contributed by atoms with Crippen LogP contribution in [0.3, 0.4) is 0 Å². The highest BCUT2D eigenvalue weighted by molar-refractivity contribution is 8.01. The van der Waals surface area contributed by atoms with E-state index >= 15 is 0 Å². The number of methoxy groups -OCH3 is 1. The summed E-state index contributed by atoms with van der Waals surface area (Å²) in [4.78, 5) is 20.8. The van der Waals surface area contributed by atoms with Gasteiger partial charge >= 0.3 is 5.97 Å². The highest BCUT2D eigenvalue weighted by Gasteiger charge is 2.38. The summed E-state index contributed by atoms with van der Waals surface area (Å²) in [6, 6.07) is 0. The Morgan fingerprint density at radius 3 is 1.54 bits per heavy atom. The Morgan fingerprint density at radius 1 is 0.750 bits per heavy atom. The summed E-state index contributed by atoms with van der Waals surface area (Å²) >= 11 is 6.94. The van der Waals surface area contributed by atoms with Crippen LogP contribution in [0.5, 0.6) is 0 Å². The van der Waals surface area contributed by atoms with Gasteiger partial charge in [-0.05, 0) is 148 Å². The number of aryl methyl sites for hydroxylation is 2. The molecule has 0 spiro atoms. The number of carbonyl (C=O) groups excluding carboxylic acids is 1. The Hall–Kier alpha value is -1.77. The first-order valence-corrected chi connectivity index (χ1v) is 28.8. The van der Waals surface area contributed by atoms with Crippen LogP contribution in [0.25, 0.3) is 12.2 Å². The first-order valence-electron chi connectivity index (χ1n) is 25.3. The van der Waals surface area contributed by atoms with E-state index in [0.717, 1.165) is 72.8 Å². The molecule has 0 amide bonds. The van der Waals surface area contributed by atoms with Crippen molar-refractivity contribution >= 4 is 64.3 Å². The van der Waals surface area contributed by atoms with E-state index < -0.39 is 0 Å². The average molecular weight is 1020 g/mol. The second kappa shape index (κ2) is 31.0. The second-order valence-electron chi connectivity index (χ2n) is 21.1. The van der Waals surface area contributed by atoms with Crippen molar-refractivity contribution in [3.8, 4) is 0 Å². The number of thioether (sulfide) groups is 2. The summed E-state index contributed by atoms with van der Waals surface area (Å²) in [6.07, 6.45) is 17.2. The molecule has 388 valence electrons. The first kappa shape index (κ1) is 62.3. The number of carbonyl (C=O) groups is 1. The SMILES string of the molecule is C/C(=C/CC(C)/C(C)=C/c1csc(C)n1)CCCC(C)C(O)C(C)SC(C)(C)C1OCCO1.COC(=O)CC(C)C(C)(C)SC(C)C(O)C(C)CCC/C(C)=C\CC(C)/C(C)=C/c1csc(C)n1. The lowest BCUT2D eigenvalue weighted by Gasteiger charge is -2.36. The van der Waals surface area contributed by atoms with Gasteiger partial charge in [-0.25, -0.2) is 9.97 Å². The molecule has 9 atom stereocenters. The maximum Gasteiger partial charge on any atom is 0.305 e. The van der Waals surface area contributed by atoms with Crippen molar-refractivity contribution in [1.29, 1.82) is 0 Å². The molecule has 2 aromatic heterocycles. The van der Waals surface area contributed by atoms with Crippen LogP contribution < -0.4 is 0 Å². The topological polar surface area (TPSA) is 111 Å². The molecule has 0 saturated carbocycles. The van der Waals surface area contributed by atoms with E-state index in [-0.39, 0.29) is 62.2 Å². The third-order valence-corrected chi connectivity index (χ3v) is 18.6. The number of thiazole rings is 2. The quantitative estimate of drug-likeness (QED) is 0.0631. The fourth-order valence-corrected chi connectivity index (χ4v) is 12.7. The molecule has 12 heteroatoms. The molecule has 2 N–H and O–H groups in total. The number of hydrogen-bond donors (Lipinski definition) is 2. The van der Waals surface area contributed by atoms with Gasteiger partial charge in [-0.2, -0.15) is 0 Å². The van der Waals surface area contributed by atoms with Gasteiger partial charge in [0.25, 0.3) is 0 Å². The van der Waals surface area contributed by atoms with E-state index in [0.29, 0.717) is 31.5 Å². The minimum absolute atomic E-state index is 0.105. The summed E-state index contributed by atoms with van der Waals surface area (Å²) in [7, 11) is 1.43. The number of aliphatic hydroxyl groups is 2. The van der Waals surface area contributed by atoms with Gasteiger partial charge in [0.15, 0.2) is 6.29 Å². The highest BCUT2D eigenvalue weighted by Crippen LogP contribution is 2.40. The molecule has 0 aliphatic carbocycles. The van der Waals surface area contributed by atoms with Gasteiger partial charge in [0, 0.05) is 32.4 Å². The molecule has 68 heavy (non-hydrogen) atoms. The van der Waals surface area contributed by atoms with E-state index in [4.69, 9.17) is 14.2 Å². The van der Waals surface area contributed by atoms with E-state index in [2.05, 4.69) is 149 Å². The Balaban J connectivity index is 0.000000467. The number of ether oxygens (including phenoxy) is 3. The lowest BCUT2D eigenvalue weighted by atomic mass is 9.93. The van der Waals surface area contributed by atoms with Gasteiger partial charge in [0.05, 0.1) is 58.7 Å². The summed E-state index contributed by atoms with van der Waals surface area (Å²) in [6.45, 7) is 38.1. The van der Waals surface area contributed by atoms with E-state index in [1.165, 1.54) is 29.4 Å². The Bertz CT molecular complexity index is 1890. The predicted octanol–water partition coefficient (Wildman–Crippen LogP) is 15.4. The van der Waals surface area contributed by atoms with E-state index in [9.17, 15) is 15.0 Å². The normalized spacial score (nSPS) is 18.8. The molecule has 8 nitrogen and oxygen atoms in total. The fourth-order valence-electron chi connectivity index (χ4n) is 8.26. The molecular weight excluding hydrogens is 925 g/mol. The Morgan fingerprint density at radius 2 is 1.16 bits per heavy atom. The number of rotatable bonds is 28. The Labute approximate surface area is 431 Å². The summed E-state index contributed by atoms with van der Waals surface area (Å²) in [5.74, 6) is 1.51. The molecule has 0 radical (unpaired) electrons. The zero-order valence-electron chi connectivity index (χ0n) is 45.6. The van der Waals surface area contributed by atoms with Crippen LogP contribution in [0.2, 0.25) is 0 Å². The predicted molar refractivity (Wildman–Crippen MR) is 298 cm³/mol. The molecule has 9 unspecified atom stereocenters. The van der Waals surface area contributed by atoms with Crippen LogP contribution in [-0.4, -0.2) is 85.0 Å². The van der Waals surface area contributed by atoms with Crippen LogP contribution in [0.4, 0.5) is 0 Å². The van der Waals surface area contributed by atoms with Crippen LogP contribution in [0, 0.1) is 43.4 Å². The van der Waals surface area contributed by atoms with Gasteiger partial charge in [-0.15, -0.1) is 46.2 Å². The number of hydrogen-bond acceptors (Lipinski definition) is 12. The smallest absolute Gasteiger partial charge is 0.305 e. The lowest BCUT2D eigenvalue weighted by Crippen LogP contribution is -2.39. The zero-order chi connectivity index (χ0) is 51.4. The molecule has 1 saturated heterocycles. The van der Waals surface area contributed by atoms with Gasteiger partial charge in [0.1, 0.15) is 0 Å². The number of allylic oxidation sites excluding steroid dienone is 6. The lowest BCUT2D eigenvalue weighted by molar-refractivity contribution is -0.141. The molecule has 1 fully saturated rings. The summed E-state index contributed by atoms with van der Waals surface area (Å²) in [5.41, 5.74) is 7.76. The van der Waals surface area contributed by atoms with Crippen molar-refractivity contribution in [2.24, 2.45) is 29.6 Å². The highest BCUT2D eigenvalue weighted by atomic mass is 32.2. The largest absolute Gasteiger partial charge is 0.469 e. The third kappa shape index (κ3) is 23.2. The minimum Gasteiger partial charge on any atom is -0.469 e. The second-order valence-corrected chi connectivity index (χ2v) is 27.2. The fraction of sp³-hybridized carbons (Fsp3) is 0.732. The number of aromatic nitrogens is 2. The van der Waals surface area contributed by atoms with Crippen LogP contribution in [-0.2, 0) is 19.0 Å². The maximum atomic E-state index is 11.7. The number of aliphatic hydroxyl groups excluding tert-OH is 2. The molecule has 2 aromatic rings. The summed E-state index contributed by atoms with van der Waals surface area (Å²) in [5, 5.41) is 28.5. The average Bonchev–Trinajstić information content (AvgIpc) is 4.07. The number of esters is 1. The maximum absolute atomic E-state index is 11.7. The Kier molecular flexibility index (Phi) is 28.4. The minimum atomic E-state index is -0.365. The van der Waals surface area contributed by atoms with Gasteiger partial charge in [0.2, 0.25) is 0 Å². The zero-order valence-corrected chi connectivity index (χ0v) is 48.8. The third-order valence-electron chi connectivity index (χ3n) is 13.9. The van der Waals surface area contributed by atoms with Crippen molar-refractivity contribution in [1.82, 2.24) is 9.97 Å². The van der Waals surface area contributed by atoms with Gasteiger partial charge in [-0.3, -0.25) is 4.79 Å². The van der Waals surface area contributed by atoms with Crippen LogP contribution >= 0.6 is 46.2 Å². The van der Waals surface area contributed by atoms with Gasteiger partial charge < -0.3 is 24.4 Å². The summed E-state index contributed by atoms with van der Waals surface area (Å²) < 4.78 is 15.9. The van der Waals surface area contributed by atoms with Crippen molar-refractivity contribution in [3.63, 3.8) is 0 Å². The standard InChI is InChI=1S/C29H49NO3S2.C27H45NO3S2/c1-19(14-15-20(2)22(4)16-26-18-34-25(7)30-26)12-11-13-21(3)28(32)24(6)35-29(8,9)23(5)17-27(31)33-10;1-18(12-13-19(2)21(4)16-24-17-32-23(6)28-24)10-9-11-20(3)25(29)22(5)33-27(7,8)26-30-14-15-31-26/h14,16,18,20-21,23-24,28,32H,11-13,15,17H2,1-10H3;12,16-17,19-20,22,25-26,29H,9-11,13-15H2,1-8H3/b19-14-,22-16+;18-12-,21-16+. The number of nitrogens with zero attached hydrogens (tertiary/aromatic N) is 2. The molecule has 0 aromatic carbocycles. The van der Waals surface area contributed by atoms with Gasteiger partial charge in [-0.1, -0.05) is 96.8 Å². The van der Waals surface area contributed by atoms with Crippen molar-refractivity contribution < 1.29 is 29.2 Å². The monoisotopic (exact) mass is 1020 g/mol. The molecule has 1 aliphatic heterocycles. The van der Waals surface area contributed by atoms with Crippen molar-refractivity contribution in [2.45, 2.75) is 214 Å². The molecule has 0 bridgehead atoms. The van der Waals surface area contributed by atoms with Crippen LogP contribution in [0.1, 0.15) is 183 Å². The molecule has 1 aliphatic rings. The van der Waals surface area contributed by atoms with E-state index in [1.807, 2.05) is 13.8 Å². The van der Waals surface area contributed by atoms with Crippen molar-refractivity contribution in [3.05, 3.63) is 66.6 Å². The van der Waals surface area contributed by atoms with E-state index in [1.54, 1.807) is 46.2 Å². The van der Waals surface area contributed by atoms with Crippen molar-refractivity contribution in [2.75, 3.05) is 20.3 Å². The molecule has 3 rings (SSSR count). The molecule has 3 heterocycles. The molecular formula is C56H94N2O6S4. The first-order chi connectivity index (χ1) is 31.8. The van der Waals surface area contributed by atoms with Crippen LogP contribution in [0.15, 0.2) is 45.2 Å².